The maximum atomic E-state index is 12.5. The van der Waals surface area contributed by atoms with E-state index in [0.717, 1.165) is 16.3 Å². The summed E-state index contributed by atoms with van der Waals surface area (Å²) in [5.41, 5.74) is 2.48. The number of fused-ring (bicyclic) bond motifs is 1. The Morgan fingerprint density at radius 2 is 2.04 bits per heavy atom. The van der Waals surface area contributed by atoms with Crippen LogP contribution in [0.5, 0.6) is 11.5 Å². The average Bonchev–Trinajstić information content (AvgIpc) is 3.02. The molecule has 0 radical (unpaired) electrons. The van der Waals surface area contributed by atoms with Gasteiger partial charge in [0.25, 0.3) is 0 Å². The molecule has 1 aromatic carbocycles. The number of carbonyl (C=O) groups excluding carboxylic acids is 1. The van der Waals surface area contributed by atoms with E-state index < -0.39 is 0 Å². The second-order valence-corrected chi connectivity index (χ2v) is 7.44. The minimum atomic E-state index is -0.306. The first-order valence-corrected chi connectivity index (χ1v) is 9.17. The third kappa shape index (κ3) is 4.11. The minimum absolute atomic E-state index is 0.114. The fourth-order valence-electron chi connectivity index (χ4n) is 2.52. The van der Waals surface area contributed by atoms with Crippen LogP contribution in [0, 0.1) is 0 Å². The molecule has 2 heterocycles. The number of hydrogen-bond donors (Lipinski definition) is 1. The molecule has 8 heteroatoms. The van der Waals surface area contributed by atoms with Gasteiger partial charge in [-0.1, -0.05) is 23.4 Å². The van der Waals surface area contributed by atoms with Gasteiger partial charge in [-0.15, -0.1) is 0 Å². The number of nitrogens with one attached hydrogen (secondary N) is 1. The van der Waals surface area contributed by atoms with E-state index in [9.17, 15) is 4.79 Å². The molecule has 1 amide bonds. The third-order valence-electron chi connectivity index (χ3n) is 3.85. The first-order chi connectivity index (χ1) is 12.5. The molecule has 0 saturated carbocycles. The number of aliphatic imine (C=N–C) groups is 1. The van der Waals surface area contributed by atoms with Gasteiger partial charge in [0.1, 0.15) is 5.15 Å². The Morgan fingerprint density at radius 3 is 2.77 bits per heavy atom. The number of anilines is 1. The van der Waals surface area contributed by atoms with Crippen LogP contribution in [0.15, 0.2) is 35.5 Å². The fourth-order valence-corrected chi connectivity index (χ4v) is 3.67. The summed E-state index contributed by atoms with van der Waals surface area (Å²) in [5, 5.41) is 3.90. The van der Waals surface area contributed by atoms with Crippen LogP contribution in [-0.4, -0.2) is 35.4 Å². The lowest BCUT2D eigenvalue weighted by atomic mass is 10.2. The quantitative estimate of drug-likeness (QED) is 0.777. The highest BCUT2D eigenvalue weighted by Crippen LogP contribution is 2.33. The topological polar surface area (TPSA) is 72.8 Å². The number of rotatable bonds is 5. The molecular weight excluding hydrogens is 374 g/mol. The lowest BCUT2D eigenvalue weighted by Gasteiger charge is -2.13. The number of amides is 1. The lowest BCUT2D eigenvalue weighted by molar-refractivity contribution is -0.115. The summed E-state index contributed by atoms with van der Waals surface area (Å²) in [7, 11) is 3.12. The Bertz CT molecular complexity index is 873. The number of ether oxygens (including phenoxy) is 2. The van der Waals surface area contributed by atoms with Gasteiger partial charge in [0.05, 0.1) is 36.4 Å². The number of methoxy groups -OCH3 is 2. The largest absolute Gasteiger partial charge is 0.493 e. The zero-order valence-corrected chi connectivity index (χ0v) is 16.1. The number of pyridine rings is 1. The van der Waals surface area contributed by atoms with Gasteiger partial charge >= 0.3 is 0 Å². The highest BCUT2D eigenvalue weighted by Gasteiger charge is 2.22. The van der Waals surface area contributed by atoms with E-state index in [-0.39, 0.29) is 11.2 Å². The zero-order valence-electron chi connectivity index (χ0n) is 14.6. The van der Waals surface area contributed by atoms with Crippen molar-refractivity contribution in [3.05, 3.63) is 41.2 Å². The number of thioether (sulfide) groups is 1. The summed E-state index contributed by atoms with van der Waals surface area (Å²) in [4.78, 5) is 21.0. The Labute approximate surface area is 161 Å². The normalized spacial score (nSPS) is 13.6. The first kappa shape index (κ1) is 18.5. The van der Waals surface area contributed by atoms with Gasteiger partial charge in [-0.2, -0.15) is 0 Å². The van der Waals surface area contributed by atoms with Crippen molar-refractivity contribution in [3.8, 4) is 11.5 Å². The maximum absolute atomic E-state index is 12.5. The van der Waals surface area contributed by atoms with Crippen LogP contribution in [0.1, 0.15) is 12.5 Å². The Hall–Kier alpha value is -2.25. The molecule has 0 saturated heterocycles. The standard InChI is InChI=1S/C18H18ClN3O3S/c1-10(26-17-7-11-6-16(19)20-9-13(11)22-17)18(23)21-12-4-5-14(24-2)15(8-12)25-3/h4-6,8-10H,7H2,1-3H3,(H,21,23). The van der Waals surface area contributed by atoms with Crippen LogP contribution >= 0.6 is 23.4 Å². The summed E-state index contributed by atoms with van der Waals surface area (Å²) >= 11 is 7.34. The number of halogens is 1. The molecular formula is C18H18ClN3O3S. The molecule has 1 aliphatic rings. The van der Waals surface area contributed by atoms with Gasteiger partial charge in [-0.3, -0.25) is 4.79 Å². The molecule has 0 spiro atoms. The van der Waals surface area contributed by atoms with E-state index in [1.54, 1.807) is 38.6 Å². The minimum Gasteiger partial charge on any atom is -0.493 e. The number of aromatic nitrogens is 1. The molecule has 3 rings (SSSR count). The van der Waals surface area contributed by atoms with Crippen LogP contribution in [0.2, 0.25) is 5.15 Å². The molecule has 0 bridgehead atoms. The molecule has 2 aromatic rings. The monoisotopic (exact) mass is 391 g/mol. The lowest BCUT2D eigenvalue weighted by Crippen LogP contribution is -2.23. The van der Waals surface area contributed by atoms with Crippen molar-refractivity contribution in [1.29, 1.82) is 0 Å². The number of benzene rings is 1. The van der Waals surface area contributed by atoms with Gasteiger partial charge in [-0.25, -0.2) is 9.98 Å². The second-order valence-electron chi connectivity index (χ2n) is 5.64. The molecule has 1 atom stereocenters. The molecule has 26 heavy (non-hydrogen) atoms. The molecule has 1 aromatic heterocycles. The van der Waals surface area contributed by atoms with E-state index in [2.05, 4.69) is 15.3 Å². The summed E-state index contributed by atoms with van der Waals surface area (Å²) in [6.45, 7) is 1.84. The Balaban J connectivity index is 1.62. The van der Waals surface area contributed by atoms with Gasteiger partial charge in [0.15, 0.2) is 11.5 Å². The second kappa shape index (κ2) is 7.97. The van der Waals surface area contributed by atoms with Gasteiger partial charge in [-0.05, 0) is 30.7 Å². The molecule has 6 nitrogen and oxygen atoms in total. The van der Waals surface area contributed by atoms with Gasteiger partial charge < -0.3 is 14.8 Å². The van der Waals surface area contributed by atoms with Gasteiger partial charge in [0, 0.05) is 18.2 Å². The van der Waals surface area contributed by atoms with Crippen LogP contribution in [-0.2, 0) is 11.2 Å². The van der Waals surface area contributed by atoms with Crippen molar-refractivity contribution in [3.63, 3.8) is 0 Å². The first-order valence-electron chi connectivity index (χ1n) is 7.91. The maximum Gasteiger partial charge on any atom is 0.237 e. The van der Waals surface area contributed by atoms with Crippen LogP contribution in [0.4, 0.5) is 11.4 Å². The van der Waals surface area contributed by atoms with E-state index in [1.165, 1.54) is 11.8 Å². The van der Waals surface area contributed by atoms with Crippen LogP contribution in [0.3, 0.4) is 0 Å². The summed E-state index contributed by atoms with van der Waals surface area (Å²) in [5.74, 6) is 1.06. The highest BCUT2D eigenvalue weighted by atomic mass is 35.5. The van der Waals surface area contributed by atoms with Crippen molar-refractivity contribution in [2.24, 2.45) is 4.99 Å². The summed E-state index contributed by atoms with van der Waals surface area (Å²) in [6.07, 6.45) is 2.32. The highest BCUT2D eigenvalue weighted by molar-refractivity contribution is 8.15. The van der Waals surface area contributed by atoms with E-state index >= 15 is 0 Å². The molecule has 1 N–H and O–H groups in total. The van der Waals surface area contributed by atoms with Crippen molar-refractivity contribution in [2.75, 3.05) is 19.5 Å². The number of nitrogens with zero attached hydrogens (tertiary/aromatic N) is 2. The fraction of sp³-hybridized carbons (Fsp3) is 0.278. The van der Waals surface area contributed by atoms with Crippen LogP contribution < -0.4 is 14.8 Å². The van der Waals surface area contributed by atoms with Gasteiger partial charge in [0.2, 0.25) is 5.91 Å². The predicted molar refractivity (Wildman–Crippen MR) is 105 cm³/mol. The smallest absolute Gasteiger partial charge is 0.237 e. The van der Waals surface area contributed by atoms with Crippen molar-refractivity contribution < 1.29 is 14.3 Å². The zero-order chi connectivity index (χ0) is 18.7. The Kier molecular flexibility index (Phi) is 5.68. The average molecular weight is 392 g/mol. The van der Waals surface area contributed by atoms with Crippen LogP contribution in [0.25, 0.3) is 0 Å². The SMILES string of the molecule is COc1ccc(NC(=O)C(C)SC2=Nc3cnc(Cl)cc3C2)cc1OC. The molecule has 1 aliphatic heterocycles. The number of hydrogen-bond acceptors (Lipinski definition) is 6. The summed E-state index contributed by atoms with van der Waals surface area (Å²) in [6, 6.07) is 7.06. The van der Waals surface area contributed by atoms with E-state index in [4.69, 9.17) is 21.1 Å². The third-order valence-corrected chi connectivity index (χ3v) is 5.13. The number of carbonyl (C=O) groups is 1. The molecule has 136 valence electrons. The van der Waals surface area contributed by atoms with E-state index in [1.807, 2.05) is 13.0 Å². The van der Waals surface area contributed by atoms with Crippen molar-refractivity contribution >= 4 is 45.7 Å². The van der Waals surface area contributed by atoms with E-state index in [0.29, 0.717) is 28.8 Å². The predicted octanol–water partition coefficient (Wildman–Crippen LogP) is 4.10. The molecule has 0 aliphatic carbocycles. The van der Waals surface area contributed by atoms with Crippen molar-refractivity contribution in [2.45, 2.75) is 18.6 Å². The molecule has 1 unspecified atom stereocenters. The van der Waals surface area contributed by atoms with Crippen molar-refractivity contribution in [1.82, 2.24) is 4.98 Å². The molecule has 0 fully saturated rings. The Morgan fingerprint density at radius 1 is 1.27 bits per heavy atom. The summed E-state index contributed by atoms with van der Waals surface area (Å²) < 4.78 is 10.5.